The molecule has 1 N–H and O–H groups in total. The lowest BCUT2D eigenvalue weighted by Gasteiger charge is -2.30. The second-order valence-electron chi connectivity index (χ2n) is 9.24. The van der Waals surface area contributed by atoms with Crippen LogP contribution in [0, 0.1) is 11.7 Å². The van der Waals surface area contributed by atoms with Crippen LogP contribution in [0.1, 0.15) is 43.8 Å². The van der Waals surface area contributed by atoms with Gasteiger partial charge in [-0.1, -0.05) is 17.7 Å². The van der Waals surface area contributed by atoms with Crippen LogP contribution in [-0.2, 0) is 14.3 Å². The summed E-state index contributed by atoms with van der Waals surface area (Å²) >= 11 is 7.78. The molecule has 1 fully saturated rings. The topological polar surface area (TPSA) is 93.1 Å². The fourth-order valence-corrected chi connectivity index (χ4v) is 4.97. The van der Waals surface area contributed by atoms with E-state index in [0.717, 1.165) is 0 Å². The van der Waals surface area contributed by atoms with Crippen LogP contribution in [0.5, 0.6) is 0 Å². The molecule has 2 aliphatic rings. The second-order valence-corrected chi connectivity index (χ2v) is 10.5. The third-order valence-corrected chi connectivity index (χ3v) is 6.73. The van der Waals surface area contributed by atoms with Crippen molar-refractivity contribution in [3.05, 3.63) is 62.5 Å². The third kappa shape index (κ3) is 5.48. The van der Waals surface area contributed by atoms with Gasteiger partial charge in [0.2, 0.25) is 0 Å². The zero-order valence-electron chi connectivity index (χ0n) is 19.8. The maximum atomic E-state index is 13.8. The minimum Gasteiger partial charge on any atom is -0.466 e. The predicted octanol–water partition coefficient (Wildman–Crippen LogP) is 4.71. The summed E-state index contributed by atoms with van der Waals surface area (Å²) in [6, 6.07) is 3.13. The number of carbonyl (C=O) groups excluding carboxylic acids is 2. The normalized spacial score (nSPS) is 20.4. The number of nitrogens with one attached hydrogen (secondary N) is 1. The Labute approximate surface area is 211 Å². The van der Waals surface area contributed by atoms with Gasteiger partial charge in [0.25, 0.3) is 0 Å². The summed E-state index contributed by atoms with van der Waals surface area (Å²) < 4.78 is 24.4. The van der Waals surface area contributed by atoms with E-state index < -0.39 is 29.5 Å². The van der Waals surface area contributed by atoms with E-state index in [0.29, 0.717) is 41.6 Å². The first kappa shape index (κ1) is 25.1. The van der Waals surface area contributed by atoms with Crippen molar-refractivity contribution < 1.29 is 23.5 Å². The number of thiazole rings is 1. The number of aliphatic imine (C=N–C) groups is 1. The summed E-state index contributed by atoms with van der Waals surface area (Å²) in [7, 11) is 1.29. The van der Waals surface area contributed by atoms with Gasteiger partial charge >= 0.3 is 12.1 Å². The number of rotatable bonds is 4. The molecule has 2 atom stereocenters. The molecule has 0 radical (unpaired) electrons. The van der Waals surface area contributed by atoms with Crippen LogP contribution in [0.25, 0.3) is 0 Å². The number of likely N-dealkylation sites (tertiary alicyclic amines) is 1. The van der Waals surface area contributed by atoms with Gasteiger partial charge in [0.1, 0.15) is 17.5 Å². The number of benzene rings is 1. The molecule has 4 rings (SSSR count). The molecule has 2 unspecified atom stereocenters. The number of methoxy groups -OCH3 is 1. The standard InChI is InChI=1S/C24H26ClFN4O4S/c1-24(2,3)34-23(32)30-9-7-13(12-30)18-17(22(31)33-4)19(15-6-5-14(26)11-16(15)25)29-20(28-18)21-27-8-10-35-21/h5-6,8,10-11,13,19H,7,9,12H2,1-4H3,(H,28,29). The molecule has 0 spiro atoms. The van der Waals surface area contributed by atoms with E-state index in [1.165, 1.54) is 36.6 Å². The van der Waals surface area contributed by atoms with Gasteiger partial charge < -0.3 is 19.7 Å². The number of esters is 1. The summed E-state index contributed by atoms with van der Waals surface area (Å²) in [5, 5.41) is 5.86. The van der Waals surface area contributed by atoms with Gasteiger partial charge in [-0.25, -0.2) is 19.0 Å². The average molecular weight is 521 g/mol. The molecule has 0 aliphatic carbocycles. The SMILES string of the molecule is COC(=O)C1=C(C2CCN(C(=O)OC(C)(C)C)C2)NC(c2nccs2)=NC1c1ccc(F)cc1Cl. The number of hydrogen-bond donors (Lipinski definition) is 1. The molecule has 1 aromatic heterocycles. The Morgan fingerprint density at radius 2 is 2.09 bits per heavy atom. The molecule has 1 aromatic carbocycles. The zero-order valence-corrected chi connectivity index (χ0v) is 21.4. The molecule has 3 heterocycles. The Hall–Kier alpha value is -2.98. The molecular formula is C24H26ClFN4O4S. The predicted molar refractivity (Wildman–Crippen MR) is 131 cm³/mol. The van der Waals surface area contributed by atoms with Crippen molar-refractivity contribution in [2.75, 3.05) is 20.2 Å². The van der Waals surface area contributed by atoms with Gasteiger partial charge in [-0.05, 0) is 39.3 Å². The molecular weight excluding hydrogens is 495 g/mol. The van der Waals surface area contributed by atoms with Gasteiger partial charge in [0.05, 0.1) is 12.7 Å². The Morgan fingerprint density at radius 1 is 1.31 bits per heavy atom. The van der Waals surface area contributed by atoms with Crippen molar-refractivity contribution in [1.29, 1.82) is 0 Å². The second kappa shape index (κ2) is 9.94. The van der Waals surface area contributed by atoms with Crippen LogP contribution in [0.15, 0.2) is 46.0 Å². The molecule has 2 aliphatic heterocycles. The van der Waals surface area contributed by atoms with E-state index in [4.69, 9.17) is 26.1 Å². The smallest absolute Gasteiger partial charge is 0.410 e. The summed E-state index contributed by atoms with van der Waals surface area (Å²) in [5.41, 5.74) is 0.679. The summed E-state index contributed by atoms with van der Waals surface area (Å²) in [6.45, 7) is 6.24. The molecule has 8 nitrogen and oxygen atoms in total. The van der Waals surface area contributed by atoms with Crippen LogP contribution in [0.3, 0.4) is 0 Å². The molecule has 35 heavy (non-hydrogen) atoms. The van der Waals surface area contributed by atoms with Gasteiger partial charge in [-0.3, -0.25) is 4.99 Å². The van der Waals surface area contributed by atoms with Crippen molar-refractivity contribution >= 4 is 40.8 Å². The maximum Gasteiger partial charge on any atom is 0.410 e. The summed E-state index contributed by atoms with van der Waals surface area (Å²) in [6.07, 6.45) is 1.84. The first-order valence-electron chi connectivity index (χ1n) is 11.1. The number of amides is 1. The van der Waals surface area contributed by atoms with Crippen LogP contribution >= 0.6 is 22.9 Å². The van der Waals surface area contributed by atoms with E-state index >= 15 is 0 Å². The highest BCUT2D eigenvalue weighted by atomic mass is 35.5. The highest BCUT2D eigenvalue weighted by Gasteiger charge is 2.40. The minimum absolute atomic E-state index is 0.140. The van der Waals surface area contributed by atoms with Crippen molar-refractivity contribution in [1.82, 2.24) is 15.2 Å². The van der Waals surface area contributed by atoms with Gasteiger partial charge in [0, 0.05) is 46.9 Å². The number of nitrogens with zero attached hydrogens (tertiary/aromatic N) is 3. The largest absolute Gasteiger partial charge is 0.466 e. The lowest BCUT2D eigenvalue weighted by molar-refractivity contribution is -0.136. The molecule has 11 heteroatoms. The Balaban J connectivity index is 1.77. The Kier molecular flexibility index (Phi) is 7.14. The van der Waals surface area contributed by atoms with Crippen molar-refractivity contribution in [3.63, 3.8) is 0 Å². The van der Waals surface area contributed by atoms with E-state index in [1.807, 2.05) is 26.2 Å². The quantitative estimate of drug-likeness (QED) is 0.587. The van der Waals surface area contributed by atoms with E-state index in [-0.39, 0.29) is 16.5 Å². The molecule has 186 valence electrons. The van der Waals surface area contributed by atoms with Gasteiger partial charge in [-0.2, -0.15) is 0 Å². The van der Waals surface area contributed by atoms with Crippen molar-refractivity contribution in [3.8, 4) is 0 Å². The van der Waals surface area contributed by atoms with Crippen molar-refractivity contribution in [2.24, 2.45) is 10.9 Å². The molecule has 2 aromatic rings. The molecule has 1 amide bonds. The third-order valence-electron chi connectivity index (χ3n) is 5.62. The van der Waals surface area contributed by atoms with Gasteiger partial charge in [0.15, 0.2) is 10.8 Å². The van der Waals surface area contributed by atoms with Crippen LogP contribution in [0.2, 0.25) is 5.02 Å². The van der Waals surface area contributed by atoms with E-state index in [2.05, 4.69) is 10.3 Å². The van der Waals surface area contributed by atoms with Crippen LogP contribution in [-0.4, -0.2) is 53.6 Å². The van der Waals surface area contributed by atoms with Crippen LogP contribution < -0.4 is 5.32 Å². The van der Waals surface area contributed by atoms with E-state index in [9.17, 15) is 14.0 Å². The zero-order chi connectivity index (χ0) is 25.3. The highest BCUT2D eigenvalue weighted by Crippen LogP contribution is 2.40. The molecule has 0 saturated carbocycles. The lowest BCUT2D eigenvalue weighted by Crippen LogP contribution is -2.39. The monoisotopic (exact) mass is 520 g/mol. The Bertz CT molecular complexity index is 1190. The number of carbonyl (C=O) groups is 2. The number of hydrogen-bond acceptors (Lipinski definition) is 8. The highest BCUT2D eigenvalue weighted by molar-refractivity contribution is 7.11. The molecule has 0 bridgehead atoms. The van der Waals surface area contributed by atoms with Crippen molar-refractivity contribution in [2.45, 2.75) is 38.8 Å². The summed E-state index contributed by atoms with van der Waals surface area (Å²) in [5.74, 6) is -0.840. The molecule has 1 saturated heterocycles. The minimum atomic E-state index is -0.846. The average Bonchev–Trinajstić information content (AvgIpc) is 3.49. The number of ether oxygens (including phenoxy) is 2. The lowest BCUT2D eigenvalue weighted by atomic mass is 9.90. The van der Waals surface area contributed by atoms with Gasteiger partial charge in [-0.15, -0.1) is 11.3 Å². The first-order valence-corrected chi connectivity index (χ1v) is 12.3. The fraction of sp³-hybridized carbons (Fsp3) is 0.417. The number of halogens is 2. The number of amidine groups is 1. The Morgan fingerprint density at radius 3 is 2.71 bits per heavy atom. The van der Waals surface area contributed by atoms with E-state index in [1.54, 1.807) is 11.1 Å². The fourth-order valence-electron chi connectivity index (χ4n) is 4.11. The number of aromatic nitrogens is 1. The maximum absolute atomic E-state index is 13.8. The van der Waals surface area contributed by atoms with Crippen LogP contribution in [0.4, 0.5) is 9.18 Å². The summed E-state index contributed by atoms with van der Waals surface area (Å²) in [4.78, 5) is 36.4. The first-order chi connectivity index (χ1) is 16.6.